The first-order valence-corrected chi connectivity index (χ1v) is 5.91. The monoisotopic (exact) mass is 224 g/mol. The maximum atomic E-state index is 11.6. The molecule has 5 heteroatoms. The molecule has 16 heavy (non-hydrogen) atoms. The van der Waals surface area contributed by atoms with E-state index in [0.717, 1.165) is 13.0 Å². The van der Waals surface area contributed by atoms with E-state index in [2.05, 4.69) is 34.3 Å². The van der Waals surface area contributed by atoms with Gasteiger partial charge in [-0.05, 0) is 12.3 Å². The summed E-state index contributed by atoms with van der Waals surface area (Å²) in [5.74, 6) is 0.671. The topological polar surface area (TPSA) is 70.7 Å². The van der Waals surface area contributed by atoms with Gasteiger partial charge in [0.25, 0.3) is 5.91 Å². The molecule has 0 fully saturated rings. The third kappa shape index (κ3) is 4.00. The van der Waals surface area contributed by atoms with E-state index in [1.807, 2.05) is 0 Å². The molecule has 2 N–H and O–H groups in total. The molecule has 90 valence electrons. The maximum Gasteiger partial charge on any atom is 0.288 e. The Bertz CT molecular complexity index is 297. The highest BCUT2D eigenvalue weighted by atomic mass is 16.2. The zero-order valence-corrected chi connectivity index (χ0v) is 9.99. The summed E-state index contributed by atoms with van der Waals surface area (Å²) in [6.45, 7) is 5.05. The summed E-state index contributed by atoms with van der Waals surface area (Å²) in [6.07, 6.45) is 6.02. The van der Waals surface area contributed by atoms with Gasteiger partial charge in [0.05, 0.1) is 0 Å². The van der Waals surface area contributed by atoms with Gasteiger partial charge in [-0.25, -0.2) is 4.98 Å². The normalized spacial score (nSPS) is 12.4. The van der Waals surface area contributed by atoms with Crippen molar-refractivity contribution in [3.05, 3.63) is 12.2 Å². The lowest BCUT2D eigenvalue weighted by molar-refractivity contribution is 0.0936. The lowest BCUT2D eigenvalue weighted by atomic mass is 9.99. The highest BCUT2D eigenvalue weighted by molar-refractivity contribution is 5.90. The van der Waals surface area contributed by atoms with Crippen LogP contribution in [0.2, 0.25) is 0 Å². The highest BCUT2D eigenvalue weighted by Gasteiger charge is 2.11. The van der Waals surface area contributed by atoms with Crippen LogP contribution in [-0.2, 0) is 0 Å². The summed E-state index contributed by atoms with van der Waals surface area (Å²) in [6, 6.07) is 0. The molecule has 1 aromatic rings. The molecule has 0 unspecified atom stereocenters. The van der Waals surface area contributed by atoms with Crippen LogP contribution in [0.5, 0.6) is 0 Å². The van der Waals surface area contributed by atoms with Crippen LogP contribution in [0, 0.1) is 5.92 Å². The number of hydrogen-bond donors (Lipinski definition) is 2. The second kappa shape index (κ2) is 6.98. The first-order valence-electron chi connectivity index (χ1n) is 5.91. The van der Waals surface area contributed by atoms with Gasteiger partial charge in [-0.2, -0.15) is 5.10 Å². The molecule has 0 aliphatic heterocycles. The Morgan fingerprint density at radius 3 is 2.94 bits per heavy atom. The molecule has 0 saturated carbocycles. The predicted octanol–water partition coefficient (Wildman–Crippen LogP) is 1.75. The number of carbonyl (C=O) groups excluding carboxylic acids is 1. The first kappa shape index (κ1) is 12.7. The Morgan fingerprint density at radius 1 is 1.56 bits per heavy atom. The average Bonchev–Trinajstić information content (AvgIpc) is 2.82. The fourth-order valence-electron chi connectivity index (χ4n) is 1.58. The Hall–Kier alpha value is -1.39. The molecule has 1 amide bonds. The van der Waals surface area contributed by atoms with Gasteiger partial charge in [0, 0.05) is 6.54 Å². The van der Waals surface area contributed by atoms with E-state index in [-0.39, 0.29) is 11.7 Å². The Morgan fingerprint density at radius 2 is 2.38 bits per heavy atom. The summed E-state index contributed by atoms with van der Waals surface area (Å²) in [5.41, 5.74) is 0. The zero-order valence-electron chi connectivity index (χ0n) is 9.99. The molecular formula is C11H20N4O. The molecule has 5 nitrogen and oxygen atoms in total. The number of H-pyrrole nitrogens is 1. The molecule has 0 bridgehead atoms. The molecule has 0 saturated heterocycles. The number of aromatic nitrogens is 3. The van der Waals surface area contributed by atoms with Crippen molar-refractivity contribution in [2.24, 2.45) is 5.92 Å². The number of nitrogens with zero attached hydrogens (tertiary/aromatic N) is 2. The van der Waals surface area contributed by atoms with E-state index in [1.54, 1.807) is 0 Å². The minimum absolute atomic E-state index is 0.174. The van der Waals surface area contributed by atoms with Gasteiger partial charge < -0.3 is 5.32 Å². The van der Waals surface area contributed by atoms with Gasteiger partial charge in [-0.3, -0.25) is 9.89 Å². The lowest BCUT2D eigenvalue weighted by Gasteiger charge is -2.14. The maximum absolute atomic E-state index is 11.6. The van der Waals surface area contributed by atoms with Crippen LogP contribution in [0.15, 0.2) is 6.33 Å². The molecule has 1 rings (SSSR count). The van der Waals surface area contributed by atoms with Crippen molar-refractivity contribution >= 4 is 5.91 Å². The van der Waals surface area contributed by atoms with E-state index < -0.39 is 0 Å². The summed E-state index contributed by atoms with van der Waals surface area (Å²) in [7, 11) is 0. The second-order valence-electron chi connectivity index (χ2n) is 3.96. The zero-order chi connectivity index (χ0) is 11.8. The Labute approximate surface area is 96.0 Å². The number of aromatic amines is 1. The van der Waals surface area contributed by atoms with Crippen LogP contribution in [-0.4, -0.2) is 27.6 Å². The Kier molecular flexibility index (Phi) is 5.53. The van der Waals surface area contributed by atoms with E-state index in [4.69, 9.17) is 0 Å². The Balaban J connectivity index is 2.29. The van der Waals surface area contributed by atoms with Crippen molar-refractivity contribution in [3.63, 3.8) is 0 Å². The van der Waals surface area contributed by atoms with Gasteiger partial charge in [-0.1, -0.05) is 33.1 Å². The van der Waals surface area contributed by atoms with E-state index in [1.165, 1.54) is 25.6 Å². The minimum Gasteiger partial charge on any atom is -0.349 e. The van der Waals surface area contributed by atoms with Crippen molar-refractivity contribution in [2.45, 2.75) is 39.5 Å². The van der Waals surface area contributed by atoms with Gasteiger partial charge in [0.1, 0.15) is 6.33 Å². The molecule has 1 aromatic heterocycles. The van der Waals surface area contributed by atoms with Gasteiger partial charge >= 0.3 is 0 Å². The number of unbranched alkanes of at least 4 members (excludes halogenated alkanes) is 1. The molecule has 0 aromatic carbocycles. The summed E-state index contributed by atoms with van der Waals surface area (Å²) in [5, 5.41) is 9.06. The number of amides is 1. The smallest absolute Gasteiger partial charge is 0.288 e. The molecule has 0 radical (unpaired) electrons. The first-order chi connectivity index (χ1) is 7.77. The van der Waals surface area contributed by atoms with E-state index in [0.29, 0.717) is 5.92 Å². The largest absolute Gasteiger partial charge is 0.349 e. The van der Waals surface area contributed by atoms with Crippen molar-refractivity contribution < 1.29 is 4.79 Å². The minimum atomic E-state index is -0.174. The number of hydrogen-bond acceptors (Lipinski definition) is 3. The number of carbonyl (C=O) groups is 1. The third-order valence-corrected chi connectivity index (χ3v) is 2.72. The molecular weight excluding hydrogens is 204 g/mol. The lowest BCUT2D eigenvalue weighted by Crippen LogP contribution is -2.30. The van der Waals surface area contributed by atoms with E-state index >= 15 is 0 Å². The summed E-state index contributed by atoms with van der Waals surface area (Å²) in [4.78, 5) is 15.4. The molecule has 0 aliphatic carbocycles. The quantitative estimate of drug-likeness (QED) is 0.741. The summed E-state index contributed by atoms with van der Waals surface area (Å²) >= 11 is 0. The second-order valence-corrected chi connectivity index (χ2v) is 3.96. The molecule has 1 heterocycles. The van der Waals surface area contributed by atoms with Crippen LogP contribution in [0.3, 0.4) is 0 Å². The fourth-order valence-corrected chi connectivity index (χ4v) is 1.58. The fraction of sp³-hybridized carbons (Fsp3) is 0.727. The summed E-state index contributed by atoms with van der Waals surface area (Å²) < 4.78 is 0. The van der Waals surface area contributed by atoms with Crippen LogP contribution in [0.25, 0.3) is 0 Å². The number of nitrogens with one attached hydrogen (secondary N) is 2. The molecule has 1 atom stereocenters. The van der Waals surface area contributed by atoms with E-state index in [9.17, 15) is 4.79 Å². The predicted molar refractivity (Wildman–Crippen MR) is 62.0 cm³/mol. The highest BCUT2D eigenvalue weighted by Crippen LogP contribution is 2.11. The average molecular weight is 224 g/mol. The van der Waals surface area contributed by atoms with Gasteiger partial charge in [0.2, 0.25) is 5.82 Å². The van der Waals surface area contributed by atoms with Crippen molar-refractivity contribution in [1.29, 1.82) is 0 Å². The van der Waals surface area contributed by atoms with Crippen LogP contribution < -0.4 is 5.32 Å². The van der Waals surface area contributed by atoms with Crippen molar-refractivity contribution in [1.82, 2.24) is 20.5 Å². The number of rotatable bonds is 7. The van der Waals surface area contributed by atoms with Gasteiger partial charge in [0.15, 0.2) is 0 Å². The van der Waals surface area contributed by atoms with Crippen LogP contribution in [0.4, 0.5) is 0 Å². The third-order valence-electron chi connectivity index (χ3n) is 2.72. The van der Waals surface area contributed by atoms with Crippen molar-refractivity contribution in [3.8, 4) is 0 Å². The van der Waals surface area contributed by atoms with Crippen LogP contribution in [0.1, 0.15) is 50.1 Å². The standard InChI is InChI=1S/C11H20N4O/c1-3-5-6-9(4-2)7-12-11(16)10-13-8-14-15-10/h8-9H,3-7H2,1-2H3,(H,12,16)(H,13,14,15)/t9-/m0/s1. The van der Waals surface area contributed by atoms with Crippen LogP contribution >= 0.6 is 0 Å². The molecule has 0 aliphatic rings. The molecule has 0 spiro atoms. The SMILES string of the molecule is CCCC[C@H](CC)CNC(=O)c1ncn[nH]1. The van der Waals surface area contributed by atoms with Gasteiger partial charge in [-0.15, -0.1) is 0 Å². The van der Waals surface area contributed by atoms with Crippen molar-refractivity contribution in [2.75, 3.05) is 6.54 Å².